The topological polar surface area (TPSA) is 78.9 Å². The average Bonchev–Trinajstić information content (AvgIpc) is 2.49. The Bertz CT molecular complexity index is 474. The summed E-state index contributed by atoms with van der Waals surface area (Å²) in [5, 5.41) is 12.2. The number of aliphatic hydroxyl groups excluding tert-OH is 1. The van der Waals surface area contributed by atoms with Crippen molar-refractivity contribution in [3.8, 4) is 0 Å². The zero-order valence-corrected chi connectivity index (χ0v) is 16.1. The van der Waals surface area contributed by atoms with Gasteiger partial charge in [0.1, 0.15) is 5.60 Å². The van der Waals surface area contributed by atoms with Crippen LogP contribution in [0.2, 0.25) is 0 Å². The van der Waals surface area contributed by atoms with Gasteiger partial charge in [-0.1, -0.05) is 0 Å². The van der Waals surface area contributed by atoms with E-state index in [1.54, 1.807) is 0 Å². The van der Waals surface area contributed by atoms with Crippen molar-refractivity contribution in [2.45, 2.75) is 77.4 Å². The molecular formula is C19H34N2O4. The van der Waals surface area contributed by atoms with Crippen molar-refractivity contribution in [2.24, 2.45) is 11.3 Å². The van der Waals surface area contributed by atoms with E-state index < -0.39 is 17.1 Å². The van der Waals surface area contributed by atoms with Crippen LogP contribution in [0, 0.1) is 11.3 Å². The van der Waals surface area contributed by atoms with E-state index in [2.05, 4.69) is 5.32 Å². The molecule has 25 heavy (non-hydrogen) atoms. The Morgan fingerprint density at radius 3 is 2.24 bits per heavy atom. The van der Waals surface area contributed by atoms with Gasteiger partial charge in [0.2, 0.25) is 5.91 Å². The molecule has 6 heteroatoms. The molecule has 0 radical (unpaired) electrons. The predicted octanol–water partition coefficient (Wildman–Crippen LogP) is 2.69. The van der Waals surface area contributed by atoms with Crippen molar-refractivity contribution in [3.63, 3.8) is 0 Å². The van der Waals surface area contributed by atoms with Crippen LogP contribution in [0.3, 0.4) is 0 Å². The maximum absolute atomic E-state index is 13.2. The van der Waals surface area contributed by atoms with E-state index in [0.29, 0.717) is 25.4 Å². The number of nitrogens with zero attached hydrogens (tertiary/aromatic N) is 1. The largest absolute Gasteiger partial charge is 0.444 e. The second kappa shape index (κ2) is 7.94. The molecule has 2 fully saturated rings. The molecule has 0 aromatic rings. The molecule has 0 spiro atoms. The van der Waals surface area contributed by atoms with E-state index in [4.69, 9.17) is 4.74 Å². The summed E-state index contributed by atoms with van der Waals surface area (Å²) < 4.78 is 5.32. The fourth-order valence-corrected chi connectivity index (χ4v) is 3.75. The Morgan fingerprint density at radius 1 is 1.20 bits per heavy atom. The quantitative estimate of drug-likeness (QED) is 0.796. The maximum atomic E-state index is 13.2. The van der Waals surface area contributed by atoms with Gasteiger partial charge in [0.25, 0.3) is 0 Å². The predicted molar refractivity (Wildman–Crippen MR) is 96.1 cm³/mol. The van der Waals surface area contributed by atoms with Gasteiger partial charge < -0.3 is 20.1 Å². The normalized spacial score (nSPS) is 27.3. The summed E-state index contributed by atoms with van der Waals surface area (Å²) in [5.41, 5.74) is -1.13. The smallest absolute Gasteiger partial charge is 0.407 e. The van der Waals surface area contributed by atoms with Crippen LogP contribution in [0.25, 0.3) is 0 Å². The minimum Gasteiger partial charge on any atom is -0.444 e. The SMILES string of the molecule is CN(C(=O)[C@]1(CNC(=O)OC(C)(C)C)CC[C@@H](CO)CC1)C1CCC1. The summed E-state index contributed by atoms with van der Waals surface area (Å²) in [4.78, 5) is 27.2. The van der Waals surface area contributed by atoms with Gasteiger partial charge in [0.05, 0.1) is 5.41 Å². The highest BCUT2D eigenvalue weighted by Crippen LogP contribution is 2.41. The minimum absolute atomic E-state index is 0.129. The Balaban J connectivity index is 2.04. The first-order valence-corrected chi connectivity index (χ1v) is 9.52. The van der Waals surface area contributed by atoms with Gasteiger partial charge in [-0.25, -0.2) is 4.79 Å². The number of hydrogen-bond donors (Lipinski definition) is 2. The average molecular weight is 354 g/mol. The lowest BCUT2D eigenvalue weighted by Crippen LogP contribution is -2.54. The van der Waals surface area contributed by atoms with Crippen LogP contribution in [-0.2, 0) is 9.53 Å². The molecule has 2 aliphatic carbocycles. The van der Waals surface area contributed by atoms with Crippen molar-refractivity contribution < 1.29 is 19.4 Å². The summed E-state index contributed by atoms with van der Waals surface area (Å²) in [6.45, 7) is 5.94. The van der Waals surface area contributed by atoms with Crippen LogP contribution >= 0.6 is 0 Å². The van der Waals surface area contributed by atoms with E-state index in [0.717, 1.165) is 25.7 Å². The summed E-state index contributed by atoms with van der Waals surface area (Å²) >= 11 is 0. The molecule has 2 saturated carbocycles. The molecule has 0 bridgehead atoms. The van der Waals surface area contributed by atoms with Crippen molar-refractivity contribution >= 4 is 12.0 Å². The number of aliphatic hydroxyl groups is 1. The molecule has 0 saturated heterocycles. The number of hydrogen-bond acceptors (Lipinski definition) is 4. The molecule has 0 aromatic heterocycles. The van der Waals surface area contributed by atoms with E-state index in [9.17, 15) is 14.7 Å². The third-order valence-corrected chi connectivity index (χ3v) is 5.69. The molecule has 2 rings (SSSR count). The minimum atomic E-state index is -0.576. The number of nitrogens with one attached hydrogen (secondary N) is 1. The van der Waals surface area contributed by atoms with Gasteiger partial charge in [-0.05, 0) is 71.6 Å². The van der Waals surface area contributed by atoms with Crippen LogP contribution in [-0.4, -0.2) is 53.8 Å². The Morgan fingerprint density at radius 2 is 1.80 bits per heavy atom. The summed E-state index contributed by atoms with van der Waals surface area (Å²) in [6, 6.07) is 0.335. The van der Waals surface area contributed by atoms with E-state index in [-0.39, 0.29) is 18.4 Å². The lowest BCUT2D eigenvalue weighted by Gasteiger charge is -2.44. The third-order valence-electron chi connectivity index (χ3n) is 5.69. The molecule has 0 aromatic carbocycles. The second-order valence-electron chi connectivity index (χ2n) is 8.76. The van der Waals surface area contributed by atoms with Crippen LogP contribution in [0.5, 0.6) is 0 Å². The summed E-state index contributed by atoms with van der Waals surface area (Å²) in [5.74, 6) is 0.390. The lowest BCUT2D eigenvalue weighted by atomic mass is 9.69. The first-order chi connectivity index (χ1) is 11.7. The Kier molecular flexibility index (Phi) is 6.35. The molecular weight excluding hydrogens is 320 g/mol. The fraction of sp³-hybridized carbons (Fsp3) is 0.895. The summed E-state index contributed by atoms with van der Waals surface area (Å²) in [6.07, 6.45) is 5.86. The van der Waals surface area contributed by atoms with Crippen molar-refractivity contribution in [2.75, 3.05) is 20.2 Å². The highest BCUT2D eigenvalue weighted by Gasteiger charge is 2.45. The fourth-order valence-electron chi connectivity index (χ4n) is 3.75. The Hall–Kier alpha value is -1.30. The van der Waals surface area contributed by atoms with Crippen molar-refractivity contribution in [1.82, 2.24) is 10.2 Å². The molecule has 0 atom stereocenters. The number of rotatable bonds is 5. The lowest BCUT2D eigenvalue weighted by molar-refractivity contribution is -0.147. The Labute approximate surface area is 151 Å². The summed E-state index contributed by atoms with van der Waals surface area (Å²) in [7, 11) is 1.89. The van der Waals surface area contributed by atoms with Gasteiger partial charge >= 0.3 is 6.09 Å². The van der Waals surface area contributed by atoms with Crippen molar-refractivity contribution in [1.29, 1.82) is 0 Å². The van der Waals surface area contributed by atoms with E-state index in [1.807, 2.05) is 32.7 Å². The first kappa shape index (κ1) is 20.0. The molecule has 0 heterocycles. The molecule has 2 aliphatic rings. The molecule has 144 valence electrons. The van der Waals surface area contributed by atoms with Gasteiger partial charge in [-0.2, -0.15) is 0 Å². The van der Waals surface area contributed by atoms with E-state index >= 15 is 0 Å². The van der Waals surface area contributed by atoms with Gasteiger partial charge in [0.15, 0.2) is 0 Å². The molecule has 2 N–H and O–H groups in total. The number of carbonyl (C=O) groups is 2. The highest BCUT2D eigenvalue weighted by molar-refractivity contribution is 5.84. The molecule has 0 aliphatic heterocycles. The number of amides is 2. The molecule has 2 amide bonds. The van der Waals surface area contributed by atoms with Crippen LogP contribution in [0.15, 0.2) is 0 Å². The maximum Gasteiger partial charge on any atom is 0.407 e. The highest BCUT2D eigenvalue weighted by atomic mass is 16.6. The van der Waals surface area contributed by atoms with Crippen molar-refractivity contribution in [3.05, 3.63) is 0 Å². The van der Waals surface area contributed by atoms with Crippen LogP contribution in [0.4, 0.5) is 4.79 Å². The number of alkyl carbamates (subject to hydrolysis) is 1. The van der Waals surface area contributed by atoms with Gasteiger partial charge in [-0.3, -0.25) is 4.79 Å². The van der Waals surface area contributed by atoms with Crippen LogP contribution < -0.4 is 5.32 Å². The number of ether oxygens (including phenoxy) is 1. The first-order valence-electron chi connectivity index (χ1n) is 9.52. The standard InChI is InChI=1S/C19H34N2O4/c1-18(2,3)25-17(24)20-13-19(10-8-14(12-22)9-11-19)16(23)21(4)15-6-5-7-15/h14-15,22H,5-13H2,1-4H3,(H,20,24)/t14-,19-. The molecule has 0 unspecified atom stereocenters. The van der Waals surface area contributed by atoms with E-state index in [1.165, 1.54) is 6.42 Å². The molecule has 6 nitrogen and oxygen atoms in total. The second-order valence-corrected chi connectivity index (χ2v) is 8.76. The zero-order chi connectivity index (χ0) is 18.7. The van der Waals surface area contributed by atoms with Crippen LogP contribution in [0.1, 0.15) is 65.7 Å². The van der Waals surface area contributed by atoms with Gasteiger partial charge in [-0.15, -0.1) is 0 Å². The monoisotopic (exact) mass is 354 g/mol. The zero-order valence-electron chi connectivity index (χ0n) is 16.1. The third kappa shape index (κ3) is 5.09. The number of carbonyl (C=O) groups excluding carboxylic acids is 2. The van der Waals surface area contributed by atoms with Gasteiger partial charge in [0, 0.05) is 26.2 Å².